The summed E-state index contributed by atoms with van der Waals surface area (Å²) < 4.78 is 1.96. The van der Waals surface area contributed by atoms with Crippen LogP contribution in [0.3, 0.4) is 0 Å². The summed E-state index contributed by atoms with van der Waals surface area (Å²) in [6.45, 7) is 6.46. The minimum atomic E-state index is 0.303. The van der Waals surface area contributed by atoms with Crippen molar-refractivity contribution in [3.8, 4) is 0 Å². The van der Waals surface area contributed by atoms with Crippen molar-refractivity contribution in [2.24, 2.45) is 5.92 Å². The van der Waals surface area contributed by atoms with Crippen LogP contribution in [0, 0.1) is 5.92 Å². The van der Waals surface area contributed by atoms with Crippen LogP contribution in [-0.2, 0) is 0 Å². The molecule has 16 heavy (non-hydrogen) atoms. The standard InChI is InChI=1S/C12H19N3O/c1-8(2)9(3)15-12(10-5-4-6-10)11(7-16)13-14-15/h7-10H,4-6H2,1-3H3. The number of aldehydes is 1. The Kier molecular flexibility index (Phi) is 3.08. The SMILES string of the molecule is CC(C)C(C)n1nnc(C=O)c1C1CCC1. The number of hydrogen-bond donors (Lipinski definition) is 0. The van der Waals surface area contributed by atoms with Gasteiger partial charge in [-0.1, -0.05) is 25.5 Å². The molecular weight excluding hydrogens is 202 g/mol. The molecule has 1 unspecified atom stereocenters. The van der Waals surface area contributed by atoms with Crippen molar-refractivity contribution in [3.05, 3.63) is 11.4 Å². The Morgan fingerprint density at radius 1 is 1.38 bits per heavy atom. The minimum absolute atomic E-state index is 0.303. The van der Waals surface area contributed by atoms with Gasteiger partial charge in [0.2, 0.25) is 0 Å². The van der Waals surface area contributed by atoms with E-state index in [0.29, 0.717) is 23.6 Å². The maximum atomic E-state index is 11.0. The smallest absolute Gasteiger partial charge is 0.172 e. The van der Waals surface area contributed by atoms with Crippen molar-refractivity contribution < 1.29 is 4.79 Å². The predicted octanol–water partition coefficient (Wildman–Crippen LogP) is 2.58. The molecule has 0 aromatic carbocycles. The molecule has 1 aliphatic rings. The van der Waals surface area contributed by atoms with E-state index >= 15 is 0 Å². The Morgan fingerprint density at radius 2 is 2.06 bits per heavy atom. The van der Waals surface area contributed by atoms with Crippen molar-refractivity contribution in [2.45, 2.75) is 52.0 Å². The largest absolute Gasteiger partial charge is 0.296 e. The molecule has 4 heteroatoms. The first kappa shape index (κ1) is 11.3. The quantitative estimate of drug-likeness (QED) is 0.734. The van der Waals surface area contributed by atoms with Crippen LogP contribution in [0.2, 0.25) is 0 Å². The van der Waals surface area contributed by atoms with E-state index < -0.39 is 0 Å². The molecule has 1 heterocycles. The molecule has 1 aliphatic carbocycles. The van der Waals surface area contributed by atoms with Crippen molar-refractivity contribution in [1.29, 1.82) is 0 Å². The van der Waals surface area contributed by atoms with Gasteiger partial charge < -0.3 is 0 Å². The van der Waals surface area contributed by atoms with Gasteiger partial charge in [0.25, 0.3) is 0 Å². The zero-order valence-electron chi connectivity index (χ0n) is 10.2. The number of carbonyl (C=O) groups is 1. The van der Waals surface area contributed by atoms with Gasteiger partial charge in [0.05, 0.1) is 11.7 Å². The van der Waals surface area contributed by atoms with E-state index in [-0.39, 0.29) is 0 Å². The lowest BCUT2D eigenvalue weighted by Crippen LogP contribution is -2.21. The monoisotopic (exact) mass is 221 g/mol. The minimum Gasteiger partial charge on any atom is -0.296 e. The molecule has 0 amide bonds. The van der Waals surface area contributed by atoms with Gasteiger partial charge in [-0.3, -0.25) is 4.79 Å². The molecular formula is C12H19N3O. The second kappa shape index (κ2) is 4.36. The second-order valence-electron chi connectivity index (χ2n) is 5.03. The molecule has 1 saturated carbocycles. The average Bonchev–Trinajstić information content (AvgIpc) is 2.57. The van der Waals surface area contributed by atoms with E-state index in [1.54, 1.807) is 0 Å². The highest BCUT2D eigenvalue weighted by molar-refractivity contribution is 5.73. The third-order valence-electron chi connectivity index (χ3n) is 3.71. The molecule has 2 rings (SSSR count). The van der Waals surface area contributed by atoms with E-state index in [4.69, 9.17) is 0 Å². The van der Waals surface area contributed by atoms with Crippen LogP contribution in [0.25, 0.3) is 0 Å². The molecule has 1 aromatic heterocycles. The molecule has 1 aromatic rings. The number of hydrogen-bond acceptors (Lipinski definition) is 3. The van der Waals surface area contributed by atoms with Crippen LogP contribution >= 0.6 is 0 Å². The summed E-state index contributed by atoms with van der Waals surface area (Å²) in [5.74, 6) is 0.997. The number of rotatable bonds is 4. The van der Waals surface area contributed by atoms with Gasteiger partial charge in [-0.25, -0.2) is 4.68 Å². The van der Waals surface area contributed by atoms with E-state index in [1.165, 1.54) is 19.3 Å². The van der Waals surface area contributed by atoms with Crippen molar-refractivity contribution in [2.75, 3.05) is 0 Å². The maximum Gasteiger partial charge on any atom is 0.172 e. The normalized spacial score (nSPS) is 18.5. The first-order valence-electron chi connectivity index (χ1n) is 6.05. The molecule has 0 saturated heterocycles. The van der Waals surface area contributed by atoms with E-state index in [1.807, 2.05) is 4.68 Å². The third-order valence-corrected chi connectivity index (χ3v) is 3.71. The van der Waals surface area contributed by atoms with E-state index in [9.17, 15) is 4.79 Å². The highest BCUT2D eigenvalue weighted by atomic mass is 16.1. The summed E-state index contributed by atoms with van der Waals surface area (Å²) in [7, 11) is 0. The van der Waals surface area contributed by atoms with Gasteiger partial charge in [-0.15, -0.1) is 5.10 Å². The summed E-state index contributed by atoms with van der Waals surface area (Å²) in [6.07, 6.45) is 4.42. The predicted molar refractivity (Wildman–Crippen MR) is 61.6 cm³/mol. The molecule has 1 fully saturated rings. The van der Waals surface area contributed by atoms with Gasteiger partial charge >= 0.3 is 0 Å². The molecule has 4 nitrogen and oxygen atoms in total. The number of carbonyl (C=O) groups excluding carboxylic acids is 1. The van der Waals surface area contributed by atoms with Gasteiger partial charge in [0.15, 0.2) is 6.29 Å². The summed E-state index contributed by atoms with van der Waals surface area (Å²) in [5.41, 5.74) is 1.60. The Morgan fingerprint density at radius 3 is 2.50 bits per heavy atom. The summed E-state index contributed by atoms with van der Waals surface area (Å²) in [6, 6.07) is 0.303. The molecule has 0 aliphatic heterocycles. The zero-order chi connectivity index (χ0) is 11.7. The Bertz CT molecular complexity index is 380. The fraction of sp³-hybridized carbons (Fsp3) is 0.750. The fourth-order valence-electron chi connectivity index (χ4n) is 2.06. The molecule has 0 spiro atoms. The van der Waals surface area contributed by atoms with Crippen molar-refractivity contribution in [1.82, 2.24) is 15.0 Å². The lowest BCUT2D eigenvalue weighted by Gasteiger charge is -2.28. The van der Waals surface area contributed by atoms with Crippen LogP contribution in [0.4, 0.5) is 0 Å². The second-order valence-corrected chi connectivity index (χ2v) is 5.03. The Balaban J connectivity index is 2.36. The zero-order valence-corrected chi connectivity index (χ0v) is 10.2. The summed E-state index contributed by atoms with van der Waals surface area (Å²) in [4.78, 5) is 11.0. The van der Waals surface area contributed by atoms with Gasteiger partial charge in [0.1, 0.15) is 5.69 Å². The number of aromatic nitrogens is 3. The van der Waals surface area contributed by atoms with Crippen LogP contribution in [0.5, 0.6) is 0 Å². The van der Waals surface area contributed by atoms with Crippen molar-refractivity contribution in [3.63, 3.8) is 0 Å². The number of nitrogens with zero attached hydrogens (tertiary/aromatic N) is 3. The first-order valence-corrected chi connectivity index (χ1v) is 6.05. The van der Waals surface area contributed by atoms with Crippen LogP contribution in [-0.4, -0.2) is 21.3 Å². The lowest BCUT2D eigenvalue weighted by molar-refractivity contribution is 0.111. The van der Waals surface area contributed by atoms with Gasteiger partial charge in [-0.2, -0.15) is 0 Å². The summed E-state index contributed by atoms with van der Waals surface area (Å²) in [5, 5.41) is 8.13. The Hall–Kier alpha value is -1.19. The van der Waals surface area contributed by atoms with Crippen LogP contribution in [0.1, 0.15) is 68.2 Å². The maximum absolute atomic E-state index is 11.0. The Labute approximate surface area is 96.0 Å². The molecule has 0 radical (unpaired) electrons. The van der Waals surface area contributed by atoms with Crippen LogP contribution in [0.15, 0.2) is 0 Å². The van der Waals surface area contributed by atoms with Crippen molar-refractivity contribution >= 4 is 6.29 Å². The fourth-order valence-corrected chi connectivity index (χ4v) is 2.06. The highest BCUT2D eigenvalue weighted by Gasteiger charge is 2.29. The highest BCUT2D eigenvalue weighted by Crippen LogP contribution is 2.38. The summed E-state index contributed by atoms with van der Waals surface area (Å²) >= 11 is 0. The third kappa shape index (κ3) is 1.77. The van der Waals surface area contributed by atoms with E-state index in [2.05, 4.69) is 31.1 Å². The molecule has 0 N–H and O–H groups in total. The molecule has 0 bridgehead atoms. The van der Waals surface area contributed by atoms with Gasteiger partial charge in [0, 0.05) is 5.92 Å². The molecule has 1 atom stereocenters. The van der Waals surface area contributed by atoms with E-state index in [0.717, 1.165) is 12.0 Å². The topological polar surface area (TPSA) is 47.8 Å². The average molecular weight is 221 g/mol. The molecule has 88 valence electrons. The van der Waals surface area contributed by atoms with Crippen LogP contribution < -0.4 is 0 Å². The lowest BCUT2D eigenvalue weighted by atomic mass is 9.82. The first-order chi connectivity index (χ1) is 7.65. The van der Waals surface area contributed by atoms with Gasteiger partial charge in [-0.05, 0) is 25.7 Å².